The van der Waals surface area contributed by atoms with E-state index in [2.05, 4.69) is 20.1 Å². The lowest BCUT2D eigenvalue weighted by atomic mass is 10.0. The molecule has 0 amide bonds. The number of halogens is 2. The molecule has 3 aliphatic rings. The van der Waals surface area contributed by atoms with Crippen LogP contribution in [0.3, 0.4) is 0 Å². The van der Waals surface area contributed by atoms with E-state index < -0.39 is 5.97 Å². The molecule has 1 aliphatic heterocycles. The van der Waals surface area contributed by atoms with E-state index in [-0.39, 0.29) is 11.8 Å². The van der Waals surface area contributed by atoms with E-state index >= 15 is 0 Å². The van der Waals surface area contributed by atoms with Gasteiger partial charge in [-0.2, -0.15) is 5.10 Å². The standard InChI is InChI=1S/C27H25Cl2N5O4/c28-19-2-1-3-20(29)24(19)25-18(26(38-32-25)14-4-5-14)13-37-17-8-15-11-33(12-16(15)9-17)22-6-7-34-23(30-22)10-21(31-34)27(35)36/h1-3,6-7,10,14-17H,4-5,8-9,11-13H2,(H,35,36). The van der Waals surface area contributed by atoms with Gasteiger partial charge in [-0.1, -0.05) is 34.4 Å². The molecule has 3 fully saturated rings. The number of anilines is 1. The Morgan fingerprint density at radius 3 is 2.55 bits per heavy atom. The van der Waals surface area contributed by atoms with E-state index in [1.807, 2.05) is 24.3 Å². The number of carboxylic acids is 1. The molecule has 2 aliphatic carbocycles. The Labute approximate surface area is 228 Å². The predicted octanol–water partition coefficient (Wildman–Crippen LogP) is 5.70. The molecule has 3 aromatic heterocycles. The summed E-state index contributed by atoms with van der Waals surface area (Å²) in [4.78, 5) is 18.2. The Bertz CT molecular complexity index is 1510. The number of aromatic carboxylic acids is 1. The molecular weight excluding hydrogens is 529 g/mol. The second kappa shape index (κ2) is 9.25. The van der Waals surface area contributed by atoms with Crippen molar-refractivity contribution in [3.05, 3.63) is 63.6 Å². The van der Waals surface area contributed by atoms with Gasteiger partial charge in [-0.3, -0.25) is 0 Å². The number of nitrogens with zero attached hydrogens (tertiary/aromatic N) is 5. The first kappa shape index (κ1) is 23.9. The highest BCUT2D eigenvalue weighted by Crippen LogP contribution is 2.47. The SMILES string of the molecule is O=C(O)c1cc2nc(N3CC4CC(OCc5c(-c6c(Cl)cccc6Cl)noc5C5CC5)CC4C3)ccn2n1. The van der Waals surface area contributed by atoms with Gasteiger partial charge in [0.2, 0.25) is 0 Å². The quantitative estimate of drug-likeness (QED) is 0.310. The lowest BCUT2D eigenvalue weighted by molar-refractivity contribution is 0.0402. The van der Waals surface area contributed by atoms with Crippen molar-refractivity contribution in [2.75, 3.05) is 18.0 Å². The molecule has 0 radical (unpaired) electrons. The fraction of sp³-hybridized carbons (Fsp3) is 0.407. The molecule has 0 bridgehead atoms. The monoisotopic (exact) mass is 553 g/mol. The molecule has 1 N–H and O–H groups in total. The third-order valence-electron chi connectivity index (χ3n) is 7.99. The topological polar surface area (TPSA) is 106 Å². The van der Waals surface area contributed by atoms with E-state index in [1.165, 1.54) is 10.6 Å². The summed E-state index contributed by atoms with van der Waals surface area (Å²) >= 11 is 13.0. The highest BCUT2D eigenvalue weighted by Gasteiger charge is 2.42. The number of aromatic nitrogens is 4. The van der Waals surface area contributed by atoms with Crippen molar-refractivity contribution >= 4 is 40.6 Å². The van der Waals surface area contributed by atoms with Crippen molar-refractivity contribution in [1.29, 1.82) is 0 Å². The zero-order valence-corrected chi connectivity index (χ0v) is 21.9. The first-order valence-electron chi connectivity index (χ1n) is 12.8. The van der Waals surface area contributed by atoms with Crippen LogP contribution in [0.4, 0.5) is 5.82 Å². The molecule has 1 aromatic carbocycles. The zero-order valence-electron chi connectivity index (χ0n) is 20.4. The third-order valence-corrected chi connectivity index (χ3v) is 8.62. The van der Waals surface area contributed by atoms with Crippen LogP contribution < -0.4 is 4.90 Å². The second-order valence-corrected chi connectivity index (χ2v) is 11.3. The van der Waals surface area contributed by atoms with Crippen LogP contribution in [0.5, 0.6) is 0 Å². The molecular formula is C27H25Cl2N5O4. The summed E-state index contributed by atoms with van der Waals surface area (Å²) in [6, 6.07) is 8.84. The molecule has 196 valence electrons. The molecule has 2 unspecified atom stereocenters. The number of hydrogen-bond donors (Lipinski definition) is 1. The van der Waals surface area contributed by atoms with Crippen molar-refractivity contribution < 1.29 is 19.2 Å². The molecule has 4 heterocycles. The van der Waals surface area contributed by atoms with Gasteiger partial charge in [0.15, 0.2) is 11.3 Å². The first-order valence-corrected chi connectivity index (χ1v) is 13.6. The van der Waals surface area contributed by atoms with Gasteiger partial charge in [-0.05, 0) is 55.7 Å². The lowest BCUT2D eigenvalue weighted by Gasteiger charge is -2.20. The summed E-state index contributed by atoms with van der Waals surface area (Å²) in [5.74, 6) is 2.10. The van der Waals surface area contributed by atoms with Gasteiger partial charge < -0.3 is 19.3 Å². The Morgan fingerprint density at radius 2 is 1.87 bits per heavy atom. The van der Waals surface area contributed by atoms with Crippen molar-refractivity contribution in [3.8, 4) is 11.3 Å². The zero-order chi connectivity index (χ0) is 26.0. The Balaban J connectivity index is 1.03. The Kier molecular flexibility index (Phi) is 5.83. The smallest absolute Gasteiger partial charge is 0.356 e. The van der Waals surface area contributed by atoms with Crippen molar-refractivity contribution in [2.24, 2.45) is 11.8 Å². The summed E-state index contributed by atoms with van der Waals surface area (Å²) in [6.45, 7) is 2.22. The number of hydrogen-bond acceptors (Lipinski definition) is 7. The normalized spacial score (nSPS) is 22.9. The minimum atomic E-state index is -1.06. The van der Waals surface area contributed by atoms with Crippen LogP contribution in [-0.2, 0) is 11.3 Å². The Morgan fingerprint density at radius 1 is 1.13 bits per heavy atom. The van der Waals surface area contributed by atoms with Crippen LogP contribution in [0, 0.1) is 11.8 Å². The number of carboxylic acid groups (broad SMARTS) is 1. The van der Waals surface area contributed by atoms with E-state index in [4.69, 9.17) is 32.5 Å². The van der Waals surface area contributed by atoms with Gasteiger partial charge in [-0.25, -0.2) is 14.3 Å². The van der Waals surface area contributed by atoms with Gasteiger partial charge >= 0.3 is 5.97 Å². The Hall–Kier alpha value is -3.14. The molecule has 1 saturated heterocycles. The minimum absolute atomic E-state index is 0.00874. The van der Waals surface area contributed by atoms with Crippen LogP contribution in [0.2, 0.25) is 10.0 Å². The van der Waals surface area contributed by atoms with Gasteiger partial charge in [-0.15, -0.1) is 0 Å². The summed E-state index contributed by atoms with van der Waals surface area (Å²) in [5, 5.41) is 18.7. The predicted molar refractivity (Wildman–Crippen MR) is 141 cm³/mol. The molecule has 7 rings (SSSR count). The van der Waals surface area contributed by atoms with Crippen LogP contribution in [0.15, 0.2) is 41.1 Å². The third kappa shape index (κ3) is 4.22. The summed E-state index contributed by atoms with van der Waals surface area (Å²) < 4.78 is 13.8. The van der Waals surface area contributed by atoms with E-state index in [0.717, 1.165) is 55.9 Å². The van der Waals surface area contributed by atoms with Gasteiger partial charge in [0.1, 0.15) is 17.3 Å². The molecule has 11 heteroatoms. The fourth-order valence-electron chi connectivity index (χ4n) is 5.97. The maximum absolute atomic E-state index is 11.2. The van der Waals surface area contributed by atoms with E-state index in [0.29, 0.717) is 51.3 Å². The van der Waals surface area contributed by atoms with Crippen molar-refractivity contribution in [1.82, 2.24) is 19.8 Å². The largest absolute Gasteiger partial charge is 0.476 e. The van der Waals surface area contributed by atoms with Gasteiger partial charge in [0.05, 0.1) is 22.8 Å². The average molecular weight is 554 g/mol. The van der Waals surface area contributed by atoms with Crippen LogP contribution in [-0.4, -0.2) is 50.0 Å². The second-order valence-electron chi connectivity index (χ2n) is 10.5. The minimum Gasteiger partial charge on any atom is -0.476 e. The number of benzene rings is 1. The molecule has 4 aromatic rings. The van der Waals surface area contributed by atoms with E-state index in [1.54, 1.807) is 6.20 Å². The molecule has 9 nitrogen and oxygen atoms in total. The summed E-state index contributed by atoms with van der Waals surface area (Å²) in [5.41, 5.74) is 2.86. The highest BCUT2D eigenvalue weighted by atomic mass is 35.5. The number of rotatable bonds is 7. The van der Waals surface area contributed by atoms with E-state index in [9.17, 15) is 9.90 Å². The first-order chi connectivity index (χ1) is 18.4. The number of carbonyl (C=O) groups is 1. The maximum atomic E-state index is 11.2. The maximum Gasteiger partial charge on any atom is 0.356 e. The highest BCUT2D eigenvalue weighted by molar-refractivity contribution is 6.39. The van der Waals surface area contributed by atoms with Crippen LogP contribution in [0.25, 0.3) is 16.9 Å². The molecule has 2 atom stereocenters. The molecule has 38 heavy (non-hydrogen) atoms. The molecule has 0 spiro atoms. The van der Waals surface area contributed by atoms with Crippen LogP contribution in [0.1, 0.15) is 53.4 Å². The lowest BCUT2D eigenvalue weighted by Crippen LogP contribution is -2.24. The van der Waals surface area contributed by atoms with Gasteiger partial charge in [0, 0.05) is 42.4 Å². The number of fused-ring (bicyclic) bond motifs is 2. The van der Waals surface area contributed by atoms with Crippen molar-refractivity contribution in [3.63, 3.8) is 0 Å². The average Bonchev–Trinajstić information content (AvgIpc) is 3.19. The van der Waals surface area contributed by atoms with Crippen molar-refractivity contribution in [2.45, 2.75) is 44.3 Å². The summed E-state index contributed by atoms with van der Waals surface area (Å²) in [6.07, 6.45) is 6.07. The summed E-state index contributed by atoms with van der Waals surface area (Å²) in [7, 11) is 0. The fourth-order valence-corrected chi connectivity index (χ4v) is 6.54. The van der Waals surface area contributed by atoms with Gasteiger partial charge in [0.25, 0.3) is 0 Å². The number of ether oxygens (including phenoxy) is 1. The molecule has 2 saturated carbocycles. The van der Waals surface area contributed by atoms with Crippen LogP contribution >= 0.6 is 23.2 Å².